The molecule has 0 aromatic heterocycles. The van der Waals surface area contributed by atoms with Gasteiger partial charge in [-0.3, -0.25) is 0 Å². The molecule has 0 radical (unpaired) electrons. The Labute approximate surface area is 87.1 Å². The van der Waals surface area contributed by atoms with Gasteiger partial charge in [0.1, 0.15) is 0 Å². The van der Waals surface area contributed by atoms with Crippen molar-refractivity contribution in [3.8, 4) is 0 Å². The summed E-state index contributed by atoms with van der Waals surface area (Å²) in [6.45, 7) is 17.4. The third kappa shape index (κ3) is 24.5. The van der Waals surface area contributed by atoms with Gasteiger partial charge in [0.05, 0.1) is 0 Å². The molecule has 84 valence electrons. The molecule has 0 aromatic carbocycles. The molecule has 0 amide bonds. The fourth-order valence-electron chi connectivity index (χ4n) is 0.854. The summed E-state index contributed by atoms with van der Waals surface area (Å²) >= 11 is 0. The maximum atomic E-state index is 2.33. The van der Waals surface area contributed by atoms with Crippen molar-refractivity contribution in [2.75, 3.05) is 0 Å². The molecular formula is C13H32. The smallest absolute Gasteiger partial charge is 0.0357 e. The van der Waals surface area contributed by atoms with Gasteiger partial charge >= 0.3 is 0 Å². The molecule has 0 N–H and O–H groups in total. The highest BCUT2D eigenvalue weighted by Gasteiger charge is 2.11. The van der Waals surface area contributed by atoms with Crippen LogP contribution in [0.3, 0.4) is 0 Å². The average Bonchev–Trinajstić information content (AvgIpc) is 2.10. The Hall–Kier alpha value is 0. The van der Waals surface area contributed by atoms with Gasteiger partial charge in [0.15, 0.2) is 0 Å². The van der Waals surface area contributed by atoms with Crippen molar-refractivity contribution in [1.29, 1.82) is 0 Å². The summed E-state index contributed by atoms with van der Waals surface area (Å²) in [7, 11) is 0. The number of hydrogen-bond acceptors (Lipinski definition) is 0. The van der Waals surface area contributed by atoms with E-state index in [2.05, 4.69) is 41.5 Å². The summed E-state index contributed by atoms with van der Waals surface area (Å²) < 4.78 is 0. The lowest BCUT2D eigenvalue weighted by molar-refractivity contribution is 0.319. The molecule has 0 aliphatic rings. The molecule has 0 heteroatoms. The minimum Gasteiger partial charge on any atom is -0.0683 e. The van der Waals surface area contributed by atoms with Crippen LogP contribution in [0.1, 0.15) is 81.1 Å². The zero-order valence-corrected chi connectivity index (χ0v) is 11.3. The Bertz CT molecular complexity index is 62.4. The van der Waals surface area contributed by atoms with E-state index in [1.165, 1.54) is 25.7 Å². The topological polar surface area (TPSA) is 0 Å². The third-order valence-corrected chi connectivity index (χ3v) is 1.88. The summed E-state index contributed by atoms with van der Waals surface area (Å²) in [6, 6.07) is 0. The van der Waals surface area contributed by atoms with Gasteiger partial charge in [0.2, 0.25) is 0 Å². The lowest BCUT2D eigenvalue weighted by atomic mass is 9.86. The summed E-state index contributed by atoms with van der Waals surface area (Å²) in [4.78, 5) is 0. The van der Waals surface area contributed by atoms with E-state index in [1.807, 2.05) is 13.8 Å². The minimum absolute atomic E-state index is 0.592. The lowest BCUT2D eigenvalue weighted by Gasteiger charge is -2.20. The molecule has 0 saturated heterocycles. The van der Waals surface area contributed by atoms with Gasteiger partial charge in [-0.2, -0.15) is 0 Å². The van der Waals surface area contributed by atoms with E-state index >= 15 is 0 Å². The minimum atomic E-state index is 0.592. The second-order valence-corrected chi connectivity index (χ2v) is 3.97. The van der Waals surface area contributed by atoms with Gasteiger partial charge in [-0.1, -0.05) is 74.7 Å². The highest BCUT2D eigenvalue weighted by Crippen LogP contribution is 2.25. The van der Waals surface area contributed by atoms with Crippen LogP contribution in [0.25, 0.3) is 0 Å². The quantitative estimate of drug-likeness (QED) is 0.535. The summed E-state index contributed by atoms with van der Waals surface area (Å²) in [5.74, 6) is 0. The van der Waals surface area contributed by atoms with Crippen molar-refractivity contribution in [2.45, 2.75) is 81.1 Å². The van der Waals surface area contributed by atoms with E-state index in [4.69, 9.17) is 0 Å². The van der Waals surface area contributed by atoms with Crippen LogP contribution >= 0.6 is 0 Å². The van der Waals surface area contributed by atoms with Gasteiger partial charge in [-0.05, 0) is 11.8 Å². The molecule has 0 atom stereocenters. The van der Waals surface area contributed by atoms with Crippen LogP contribution in [0.5, 0.6) is 0 Å². The van der Waals surface area contributed by atoms with Gasteiger partial charge < -0.3 is 0 Å². The van der Waals surface area contributed by atoms with Crippen LogP contribution in [0.15, 0.2) is 0 Å². The van der Waals surface area contributed by atoms with E-state index in [0.29, 0.717) is 5.41 Å². The first-order valence-electron chi connectivity index (χ1n) is 6.04. The Kier molecular flexibility index (Phi) is 20.9. The summed E-state index contributed by atoms with van der Waals surface area (Å²) in [5.41, 5.74) is 0.592. The fraction of sp³-hybridized carbons (Fsp3) is 1.00. The first-order valence-corrected chi connectivity index (χ1v) is 6.04. The molecule has 0 heterocycles. The lowest BCUT2D eigenvalue weighted by Crippen LogP contribution is -2.07. The van der Waals surface area contributed by atoms with Crippen molar-refractivity contribution >= 4 is 0 Å². The zero-order valence-electron chi connectivity index (χ0n) is 11.3. The van der Waals surface area contributed by atoms with E-state index < -0.39 is 0 Å². The monoisotopic (exact) mass is 188 g/mol. The molecule has 0 aliphatic heterocycles. The first-order chi connectivity index (χ1) is 6.04. The normalized spacial score (nSPS) is 9.23. The van der Waals surface area contributed by atoms with Crippen LogP contribution in [-0.2, 0) is 0 Å². The maximum absolute atomic E-state index is 2.33. The SMILES string of the molecule is CC.CCC.CCCC(C)(C)CC. The van der Waals surface area contributed by atoms with Crippen LogP contribution in [-0.4, -0.2) is 0 Å². The van der Waals surface area contributed by atoms with E-state index in [9.17, 15) is 0 Å². The standard InChI is InChI=1S/C8H18.C3H8.C2H6/c1-5-7-8(3,4)6-2;1-3-2;1-2/h5-7H2,1-4H3;3H2,1-2H3;1-2H3. The largest absolute Gasteiger partial charge is 0.0683 e. The Morgan fingerprint density at radius 3 is 1.23 bits per heavy atom. The van der Waals surface area contributed by atoms with E-state index in [-0.39, 0.29) is 0 Å². The Morgan fingerprint density at radius 1 is 0.846 bits per heavy atom. The molecule has 0 fully saturated rings. The molecule has 0 aromatic rings. The third-order valence-electron chi connectivity index (χ3n) is 1.88. The van der Waals surface area contributed by atoms with E-state index in [0.717, 1.165) is 0 Å². The summed E-state index contributed by atoms with van der Waals surface area (Å²) in [6.07, 6.45) is 5.24. The molecule has 0 rings (SSSR count). The molecular weight excluding hydrogens is 156 g/mol. The zero-order chi connectivity index (χ0) is 11.3. The highest BCUT2D eigenvalue weighted by atomic mass is 14.2. The Morgan fingerprint density at radius 2 is 1.15 bits per heavy atom. The van der Waals surface area contributed by atoms with Crippen molar-refractivity contribution in [2.24, 2.45) is 5.41 Å². The maximum Gasteiger partial charge on any atom is -0.0357 e. The van der Waals surface area contributed by atoms with Gasteiger partial charge in [0.25, 0.3) is 0 Å². The van der Waals surface area contributed by atoms with Crippen molar-refractivity contribution in [3.05, 3.63) is 0 Å². The van der Waals surface area contributed by atoms with Crippen molar-refractivity contribution < 1.29 is 0 Å². The van der Waals surface area contributed by atoms with Crippen LogP contribution in [0.4, 0.5) is 0 Å². The predicted molar refractivity (Wildman–Crippen MR) is 66.3 cm³/mol. The van der Waals surface area contributed by atoms with Gasteiger partial charge in [-0.25, -0.2) is 0 Å². The molecule has 0 saturated carbocycles. The predicted octanol–water partition coefficient (Wildman–Crippen LogP) is 5.67. The first kappa shape index (κ1) is 18.7. The second-order valence-electron chi connectivity index (χ2n) is 3.97. The molecule has 13 heavy (non-hydrogen) atoms. The van der Waals surface area contributed by atoms with Crippen LogP contribution in [0, 0.1) is 5.41 Å². The Balaban J connectivity index is -0.000000169. The molecule has 0 unspecified atom stereocenters. The number of rotatable bonds is 3. The van der Waals surface area contributed by atoms with Gasteiger partial charge in [-0.15, -0.1) is 0 Å². The number of hydrogen-bond donors (Lipinski definition) is 0. The fourth-order valence-corrected chi connectivity index (χ4v) is 0.854. The van der Waals surface area contributed by atoms with Crippen LogP contribution < -0.4 is 0 Å². The average molecular weight is 188 g/mol. The molecule has 0 bridgehead atoms. The summed E-state index contributed by atoms with van der Waals surface area (Å²) in [5, 5.41) is 0. The van der Waals surface area contributed by atoms with Crippen molar-refractivity contribution in [3.63, 3.8) is 0 Å². The second kappa shape index (κ2) is 14.5. The highest BCUT2D eigenvalue weighted by molar-refractivity contribution is 4.63. The molecule has 0 nitrogen and oxygen atoms in total. The molecule has 0 spiro atoms. The van der Waals surface area contributed by atoms with Crippen LogP contribution in [0.2, 0.25) is 0 Å². The van der Waals surface area contributed by atoms with E-state index in [1.54, 1.807) is 0 Å². The van der Waals surface area contributed by atoms with Gasteiger partial charge in [0, 0.05) is 0 Å². The van der Waals surface area contributed by atoms with Crippen molar-refractivity contribution in [1.82, 2.24) is 0 Å². The molecule has 0 aliphatic carbocycles.